The van der Waals surface area contributed by atoms with Crippen LogP contribution in [-0.4, -0.2) is 27.8 Å². The zero-order valence-corrected chi connectivity index (χ0v) is 9.06. The zero-order chi connectivity index (χ0) is 11.3. The van der Waals surface area contributed by atoms with Crippen LogP contribution < -0.4 is 5.32 Å². The van der Waals surface area contributed by atoms with E-state index in [1.54, 1.807) is 17.8 Å². The highest BCUT2D eigenvalue weighted by Crippen LogP contribution is 2.13. The van der Waals surface area contributed by atoms with Crippen LogP contribution >= 0.6 is 0 Å². The van der Waals surface area contributed by atoms with E-state index >= 15 is 0 Å². The highest BCUT2D eigenvalue weighted by molar-refractivity contribution is 5.27. The molecule has 1 rings (SSSR count). The Morgan fingerprint density at radius 1 is 1.67 bits per heavy atom. The van der Waals surface area contributed by atoms with E-state index in [1.807, 2.05) is 6.92 Å². The van der Waals surface area contributed by atoms with E-state index < -0.39 is 4.92 Å². The first-order valence-corrected chi connectivity index (χ1v) is 5.04. The number of rotatable bonds is 6. The van der Waals surface area contributed by atoms with Crippen LogP contribution in [-0.2, 0) is 6.54 Å². The second-order valence-electron chi connectivity index (χ2n) is 3.36. The van der Waals surface area contributed by atoms with Crippen LogP contribution in [0.2, 0.25) is 0 Å². The van der Waals surface area contributed by atoms with Gasteiger partial charge in [-0.25, -0.2) is 0 Å². The smallest absolute Gasteiger partial charge is 0.358 e. The molecule has 0 bridgehead atoms. The Kier molecular flexibility index (Phi) is 4.23. The molecule has 15 heavy (non-hydrogen) atoms. The van der Waals surface area contributed by atoms with E-state index in [9.17, 15) is 10.1 Å². The summed E-state index contributed by atoms with van der Waals surface area (Å²) in [5.74, 6) is -0.0431. The van der Waals surface area contributed by atoms with E-state index in [-0.39, 0.29) is 5.82 Å². The molecule has 1 heterocycles. The Labute approximate surface area is 88.4 Å². The van der Waals surface area contributed by atoms with Gasteiger partial charge in [0.1, 0.15) is 0 Å². The van der Waals surface area contributed by atoms with Crippen LogP contribution in [0.25, 0.3) is 0 Å². The minimum absolute atomic E-state index is 0.0431. The molecule has 0 atom stereocenters. The summed E-state index contributed by atoms with van der Waals surface area (Å²) in [6, 6.07) is 0. The van der Waals surface area contributed by atoms with E-state index in [4.69, 9.17) is 0 Å². The fraction of sp³-hybridized carbons (Fsp3) is 0.667. The Hall–Kier alpha value is -1.43. The molecule has 0 saturated heterocycles. The van der Waals surface area contributed by atoms with Crippen molar-refractivity contribution in [3.05, 3.63) is 21.9 Å². The minimum Gasteiger partial charge on any atom is -0.358 e. The maximum atomic E-state index is 10.5. The quantitative estimate of drug-likeness (QED) is 0.435. The van der Waals surface area contributed by atoms with E-state index in [0.29, 0.717) is 12.1 Å². The number of aromatic nitrogens is 2. The maximum absolute atomic E-state index is 10.5. The molecule has 1 aromatic rings. The number of nitrogens with one attached hydrogen (secondary N) is 1. The molecule has 0 radical (unpaired) electrons. The molecule has 6 heteroatoms. The average molecular weight is 212 g/mol. The van der Waals surface area contributed by atoms with Gasteiger partial charge in [0.2, 0.25) is 0 Å². The molecular formula is C9H16N4O2. The maximum Gasteiger partial charge on any atom is 0.392 e. The van der Waals surface area contributed by atoms with Gasteiger partial charge >= 0.3 is 5.82 Å². The van der Waals surface area contributed by atoms with Gasteiger partial charge in [0.15, 0.2) is 0 Å². The van der Waals surface area contributed by atoms with Crippen molar-refractivity contribution in [1.29, 1.82) is 0 Å². The van der Waals surface area contributed by atoms with Crippen molar-refractivity contribution >= 4 is 5.82 Å². The molecule has 1 aromatic heterocycles. The standard InChI is InChI=1S/C9H16N4O2/c1-3-10-5-4-6-12-7-8(2)9(11-12)13(14)15/h7,10H,3-6H2,1-2H3. The Morgan fingerprint density at radius 2 is 2.40 bits per heavy atom. The van der Waals surface area contributed by atoms with E-state index in [2.05, 4.69) is 10.4 Å². The Bertz CT molecular complexity index is 335. The van der Waals surface area contributed by atoms with Gasteiger partial charge in [0.05, 0.1) is 23.4 Å². The molecule has 6 nitrogen and oxygen atoms in total. The van der Waals surface area contributed by atoms with Crippen LogP contribution in [0.15, 0.2) is 6.20 Å². The molecule has 84 valence electrons. The third-order valence-corrected chi connectivity index (χ3v) is 2.08. The Balaban J connectivity index is 2.48. The van der Waals surface area contributed by atoms with Crippen molar-refractivity contribution < 1.29 is 4.92 Å². The predicted molar refractivity (Wildman–Crippen MR) is 56.8 cm³/mol. The first kappa shape index (κ1) is 11.6. The van der Waals surface area contributed by atoms with E-state index in [1.165, 1.54) is 0 Å². The predicted octanol–water partition coefficient (Wildman–Crippen LogP) is 1.10. The first-order chi connectivity index (χ1) is 7.15. The van der Waals surface area contributed by atoms with Crippen molar-refractivity contribution in [2.75, 3.05) is 13.1 Å². The molecule has 0 fully saturated rings. The number of nitrogens with zero attached hydrogens (tertiary/aromatic N) is 3. The summed E-state index contributed by atoms with van der Waals surface area (Å²) in [6.07, 6.45) is 2.64. The van der Waals surface area contributed by atoms with Crippen molar-refractivity contribution in [1.82, 2.24) is 15.1 Å². The van der Waals surface area contributed by atoms with E-state index in [0.717, 1.165) is 19.5 Å². The molecule has 1 N–H and O–H groups in total. The van der Waals surface area contributed by atoms with Gasteiger partial charge in [-0.15, -0.1) is 0 Å². The summed E-state index contributed by atoms with van der Waals surface area (Å²) in [6.45, 7) is 6.30. The van der Waals surface area contributed by atoms with Gasteiger partial charge in [-0.1, -0.05) is 6.92 Å². The number of nitro groups is 1. The highest BCUT2D eigenvalue weighted by atomic mass is 16.6. The second-order valence-corrected chi connectivity index (χ2v) is 3.36. The summed E-state index contributed by atoms with van der Waals surface area (Å²) in [7, 11) is 0. The average Bonchev–Trinajstić information content (AvgIpc) is 2.55. The number of aryl methyl sites for hydroxylation is 2. The summed E-state index contributed by atoms with van der Waals surface area (Å²) in [5, 5.41) is 17.6. The van der Waals surface area contributed by atoms with Gasteiger partial charge in [-0.3, -0.25) is 0 Å². The van der Waals surface area contributed by atoms with Gasteiger partial charge in [-0.2, -0.15) is 4.68 Å². The molecule has 0 aromatic carbocycles. The fourth-order valence-corrected chi connectivity index (χ4v) is 1.35. The van der Waals surface area contributed by atoms with Gasteiger partial charge in [-0.05, 0) is 31.4 Å². The van der Waals surface area contributed by atoms with Gasteiger partial charge in [0.25, 0.3) is 0 Å². The first-order valence-electron chi connectivity index (χ1n) is 5.04. The largest absolute Gasteiger partial charge is 0.392 e. The monoisotopic (exact) mass is 212 g/mol. The second kappa shape index (κ2) is 5.45. The van der Waals surface area contributed by atoms with Gasteiger partial charge in [0, 0.05) is 0 Å². The molecule has 0 spiro atoms. The number of hydrogen-bond acceptors (Lipinski definition) is 4. The lowest BCUT2D eigenvalue weighted by atomic mass is 10.4. The summed E-state index contributed by atoms with van der Waals surface area (Å²) in [4.78, 5) is 10.1. The third kappa shape index (κ3) is 3.32. The van der Waals surface area contributed by atoms with Gasteiger partial charge < -0.3 is 15.4 Å². The molecule has 0 aliphatic carbocycles. The van der Waals surface area contributed by atoms with Crippen LogP contribution in [0.3, 0.4) is 0 Å². The molecule has 0 unspecified atom stereocenters. The SMILES string of the molecule is CCNCCCn1cc(C)c([N+](=O)[O-])n1. The molecule has 0 aliphatic rings. The molecule has 0 saturated carbocycles. The minimum atomic E-state index is -0.448. The summed E-state index contributed by atoms with van der Waals surface area (Å²) in [5.41, 5.74) is 0.614. The van der Waals surface area contributed by atoms with Crippen LogP contribution in [0.1, 0.15) is 18.9 Å². The van der Waals surface area contributed by atoms with Crippen LogP contribution in [0.4, 0.5) is 5.82 Å². The lowest BCUT2D eigenvalue weighted by molar-refractivity contribution is -0.390. The Morgan fingerprint density at radius 3 is 2.93 bits per heavy atom. The molecule has 0 aliphatic heterocycles. The summed E-state index contributed by atoms with van der Waals surface area (Å²) < 4.78 is 1.63. The lowest BCUT2D eigenvalue weighted by Crippen LogP contribution is -2.16. The van der Waals surface area contributed by atoms with Crippen LogP contribution in [0.5, 0.6) is 0 Å². The van der Waals surface area contributed by atoms with Crippen molar-refractivity contribution in [3.63, 3.8) is 0 Å². The summed E-state index contributed by atoms with van der Waals surface area (Å²) >= 11 is 0. The fourth-order valence-electron chi connectivity index (χ4n) is 1.35. The number of hydrogen-bond donors (Lipinski definition) is 1. The van der Waals surface area contributed by atoms with Crippen molar-refractivity contribution in [2.45, 2.75) is 26.8 Å². The highest BCUT2D eigenvalue weighted by Gasteiger charge is 2.16. The lowest BCUT2D eigenvalue weighted by Gasteiger charge is -1.98. The zero-order valence-electron chi connectivity index (χ0n) is 9.06. The molecular weight excluding hydrogens is 196 g/mol. The third-order valence-electron chi connectivity index (χ3n) is 2.08. The van der Waals surface area contributed by atoms with Crippen molar-refractivity contribution in [3.8, 4) is 0 Å². The topological polar surface area (TPSA) is 73.0 Å². The normalized spacial score (nSPS) is 10.5. The molecule has 0 amide bonds. The van der Waals surface area contributed by atoms with Crippen LogP contribution in [0, 0.1) is 17.0 Å². The van der Waals surface area contributed by atoms with Crippen molar-refractivity contribution in [2.24, 2.45) is 0 Å².